The van der Waals surface area contributed by atoms with Crippen LogP contribution in [0.15, 0.2) is 0 Å². The van der Waals surface area contributed by atoms with E-state index in [-0.39, 0.29) is 17.3 Å². The molecule has 2 saturated heterocycles. The number of thioether (sulfide) groups is 1. The number of nitrogens with zero attached hydrogens (tertiary/aromatic N) is 2. The predicted molar refractivity (Wildman–Crippen MR) is 81.6 cm³/mol. The number of ether oxygens (including phenoxy) is 1. The van der Waals surface area contributed by atoms with Crippen LogP contribution in [-0.4, -0.2) is 39.1 Å². The smallest absolute Gasteiger partial charge is 0.179 e. The molecule has 0 saturated carbocycles. The predicted octanol–water partition coefficient (Wildman–Crippen LogP) is 2.98. The van der Waals surface area contributed by atoms with Crippen LogP contribution in [0.2, 0.25) is 0 Å². The highest BCUT2D eigenvalue weighted by Crippen LogP contribution is 2.41. The van der Waals surface area contributed by atoms with E-state index >= 15 is 0 Å². The molecule has 20 heavy (non-hydrogen) atoms. The third-order valence-corrected chi connectivity index (χ3v) is 6.20. The number of Topliss-reactive ketones (excluding diaryl/α,β-unsaturated/α-hetero) is 1. The van der Waals surface area contributed by atoms with Crippen LogP contribution in [0.3, 0.4) is 0 Å². The number of aromatic nitrogens is 2. The zero-order valence-electron chi connectivity index (χ0n) is 11.8. The van der Waals surface area contributed by atoms with E-state index in [9.17, 15) is 4.79 Å². The molecule has 0 aromatic carbocycles. The Hall–Kier alpha value is -0.460. The summed E-state index contributed by atoms with van der Waals surface area (Å²) < 4.78 is 9.98. The Morgan fingerprint density at radius 1 is 1.55 bits per heavy atom. The molecule has 2 aliphatic rings. The molecule has 1 aromatic heterocycles. The molecule has 110 valence electrons. The number of carbonyl (C=O) groups excluding carboxylic acids is 1. The summed E-state index contributed by atoms with van der Waals surface area (Å²) >= 11 is 3.21. The maximum atomic E-state index is 12.8. The maximum Gasteiger partial charge on any atom is 0.179 e. The van der Waals surface area contributed by atoms with Crippen molar-refractivity contribution >= 4 is 29.1 Å². The quantitative estimate of drug-likeness (QED) is 0.800. The van der Waals surface area contributed by atoms with Gasteiger partial charge in [0.25, 0.3) is 0 Å². The molecule has 3 rings (SSSR count). The van der Waals surface area contributed by atoms with Crippen LogP contribution in [0, 0.1) is 5.92 Å². The van der Waals surface area contributed by atoms with Gasteiger partial charge in [-0.1, -0.05) is 17.8 Å². The van der Waals surface area contributed by atoms with Gasteiger partial charge in [-0.05, 0) is 43.0 Å². The van der Waals surface area contributed by atoms with E-state index in [2.05, 4.69) is 16.5 Å². The van der Waals surface area contributed by atoms with Crippen LogP contribution in [0.4, 0.5) is 0 Å². The summed E-state index contributed by atoms with van der Waals surface area (Å²) in [6.45, 7) is 2.82. The van der Waals surface area contributed by atoms with E-state index in [4.69, 9.17) is 4.74 Å². The monoisotopic (exact) mass is 312 g/mol. The molecule has 2 atom stereocenters. The average Bonchev–Trinajstić information content (AvgIpc) is 3.09. The largest absolute Gasteiger partial charge is 0.374 e. The van der Waals surface area contributed by atoms with Crippen LogP contribution in [0.5, 0.6) is 0 Å². The van der Waals surface area contributed by atoms with Crippen molar-refractivity contribution in [3.8, 4) is 0 Å². The standard InChI is InChI=1S/C14H20N2O2S2/c1-2-3-11-13(20-16-15-11)12(17)10-4-6-18-14(8-10)5-7-19-9-14/h10H,2-9H2,1H3. The molecular weight excluding hydrogens is 292 g/mol. The molecule has 1 spiro atoms. The van der Waals surface area contributed by atoms with E-state index < -0.39 is 0 Å². The number of hydrogen-bond donors (Lipinski definition) is 0. The minimum atomic E-state index is -0.0354. The number of aryl methyl sites for hydroxylation is 1. The lowest BCUT2D eigenvalue weighted by Gasteiger charge is -2.37. The van der Waals surface area contributed by atoms with Crippen molar-refractivity contribution in [1.82, 2.24) is 9.59 Å². The molecule has 0 bridgehead atoms. The molecule has 4 nitrogen and oxygen atoms in total. The molecule has 3 heterocycles. The molecular formula is C14H20N2O2S2. The second-order valence-electron chi connectivity index (χ2n) is 5.69. The first-order valence-electron chi connectivity index (χ1n) is 7.31. The van der Waals surface area contributed by atoms with Gasteiger partial charge < -0.3 is 4.74 Å². The average molecular weight is 312 g/mol. The normalized spacial score (nSPS) is 29.9. The molecule has 1 aromatic rings. The van der Waals surface area contributed by atoms with Crippen LogP contribution < -0.4 is 0 Å². The van der Waals surface area contributed by atoms with Gasteiger partial charge in [0, 0.05) is 18.3 Å². The van der Waals surface area contributed by atoms with E-state index in [0.717, 1.165) is 54.2 Å². The zero-order valence-corrected chi connectivity index (χ0v) is 13.4. The van der Waals surface area contributed by atoms with Crippen molar-refractivity contribution in [3.05, 3.63) is 10.6 Å². The third-order valence-electron chi connectivity index (χ3n) is 4.20. The van der Waals surface area contributed by atoms with Crippen LogP contribution in [0.25, 0.3) is 0 Å². The molecule has 0 amide bonds. The number of rotatable bonds is 4. The van der Waals surface area contributed by atoms with Gasteiger partial charge in [-0.15, -0.1) is 5.10 Å². The molecule has 2 unspecified atom stereocenters. The number of ketones is 1. The molecule has 6 heteroatoms. The minimum absolute atomic E-state index is 0.0354. The van der Waals surface area contributed by atoms with Crippen LogP contribution >= 0.6 is 23.3 Å². The lowest BCUT2D eigenvalue weighted by Crippen LogP contribution is -2.42. The van der Waals surface area contributed by atoms with Gasteiger partial charge >= 0.3 is 0 Å². The van der Waals surface area contributed by atoms with Crippen molar-refractivity contribution in [2.45, 2.75) is 44.6 Å². The third kappa shape index (κ3) is 2.78. The van der Waals surface area contributed by atoms with Crippen LogP contribution in [-0.2, 0) is 11.2 Å². The summed E-state index contributed by atoms with van der Waals surface area (Å²) in [6, 6.07) is 0. The van der Waals surface area contributed by atoms with Crippen molar-refractivity contribution in [3.63, 3.8) is 0 Å². The van der Waals surface area contributed by atoms with Crippen molar-refractivity contribution in [1.29, 1.82) is 0 Å². The summed E-state index contributed by atoms with van der Waals surface area (Å²) in [4.78, 5) is 13.6. The van der Waals surface area contributed by atoms with Crippen molar-refractivity contribution in [2.75, 3.05) is 18.1 Å². The lowest BCUT2D eigenvalue weighted by molar-refractivity contribution is -0.0734. The summed E-state index contributed by atoms with van der Waals surface area (Å²) in [5, 5.41) is 4.12. The highest BCUT2D eigenvalue weighted by molar-refractivity contribution is 7.99. The molecule has 0 radical (unpaired) electrons. The summed E-state index contributed by atoms with van der Waals surface area (Å²) in [7, 11) is 0. The van der Waals surface area contributed by atoms with Gasteiger partial charge in [-0.25, -0.2) is 0 Å². The summed E-state index contributed by atoms with van der Waals surface area (Å²) in [5.41, 5.74) is 0.857. The Labute approximate surface area is 127 Å². The van der Waals surface area contributed by atoms with Crippen molar-refractivity contribution < 1.29 is 9.53 Å². The number of hydrogen-bond acceptors (Lipinski definition) is 6. The van der Waals surface area contributed by atoms with E-state index in [1.54, 1.807) is 0 Å². The highest BCUT2D eigenvalue weighted by Gasteiger charge is 2.43. The Bertz CT molecular complexity index is 483. The summed E-state index contributed by atoms with van der Waals surface area (Å²) in [6.07, 6.45) is 4.66. The fraction of sp³-hybridized carbons (Fsp3) is 0.786. The fourth-order valence-corrected chi connectivity index (χ4v) is 5.20. The first-order chi connectivity index (χ1) is 9.74. The van der Waals surface area contributed by atoms with Gasteiger partial charge in [-0.3, -0.25) is 4.79 Å². The molecule has 0 N–H and O–H groups in total. The maximum absolute atomic E-state index is 12.8. The van der Waals surface area contributed by atoms with E-state index in [1.165, 1.54) is 11.5 Å². The van der Waals surface area contributed by atoms with E-state index in [1.807, 2.05) is 11.8 Å². The van der Waals surface area contributed by atoms with Gasteiger partial charge in [0.1, 0.15) is 4.88 Å². The Balaban J connectivity index is 1.74. The summed E-state index contributed by atoms with van der Waals surface area (Å²) in [5.74, 6) is 2.55. The van der Waals surface area contributed by atoms with Gasteiger partial charge in [0.05, 0.1) is 11.3 Å². The van der Waals surface area contributed by atoms with Gasteiger partial charge in [-0.2, -0.15) is 11.8 Å². The second kappa shape index (κ2) is 6.12. The Kier molecular flexibility index (Phi) is 4.43. The van der Waals surface area contributed by atoms with Gasteiger partial charge in [0.2, 0.25) is 0 Å². The Morgan fingerprint density at radius 3 is 3.20 bits per heavy atom. The number of carbonyl (C=O) groups is 1. The van der Waals surface area contributed by atoms with Gasteiger partial charge in [0.15, 0.2) is 5.78 Å². The first-order valence-corrected chi connectivity index (χ1v) is 9.24. The zero-order chi connectivity index (χ0) is 14.0. The Morgan fingerprint density at radius 2 is 2.45 bits per heavy atom. The van der Waals surface area contributed by atoms with Crippen LogP contribution in [0.1, 0.15) is 48.0 Å². The topological polar surface area (TPSA) is 52.1 Å². The molecule has 2 fully saturated rings. The highest BCUT2D eigenvalue weighted by atomic mass is 32.2. The lowest BCUT2D eigenvalue weighted by atomic mass is 9.82. The fourth-order valence-electron chi connectivity index (χ4n) is 3.10. The minimum Gasteiger partial charge on any atom is -0.374 e. The molecule has 2 aliphatic heterocycles. The SMILES string of the molecule is CCCc1nnsc1C(=O)C1CCOC2(CCSC2)C1. The molecule has 0 aliphatic carbocycles. The first kappa shape index (κ1) is 14.5. The van der Waals surface area contributed by atoms with Crippen molar-refractivity contribution in [2.24, 2.45) is 5.92 Å². The second-order valence-corrected chi connectivity index (χ2v) is 7.55. The van der Waals surface area contributed by atoms with E-state index in [0.29, 0.717) is 6.61 Å².